The highest BCUT2D eigenvalue weighted by Crippen LogP contribution is 2.30. The maximum absolute atomic E-state index is 4.93. The second-order valence-corrected chi connectivity index (χ2v) is 7.17. The fourth-order valence-electron chi connectivity index (χ4n) is 3.33. The van der Waals surface area contributed by atoms with Gasteiger partial charge >= 0.3 is 0 Å². The minimum Gasteiger partial charge on any atom is -0.324 e. The number of unbranched alkanes of at least 4 members (excludes halogenated alkanes) is 3. The standard InChI is InChI=1S/C20H20BrN3/c1-2-3-4-7-12-24-18-11-10-14(21)13-15(18)19-20(24)23-17-9-6-5-8-16(17)22-19/h5-6,8-11,13H,2-4,7,12H2,1H3. The molecular formula is C20H20BrN3. The molecule has 122 valence electrons. The second-order valence-electron chi connectivity index (χ2n) is 6.26. The van der Waals surface area contributed by atoms with Crippen molar-refractivity contribution in [2.45, 2.75) is 39.2 Å². The second kappa shape index (κ2) is 6.52. The van der Waals surface area contributed by atoms with Crippen molar-refractivity contribution in [3.05, 3.63) is 46.9 Å². The highest BCUT2D eigenvalue weighted by molar-refractivity contribution is 9.10. The molecule has 2 aromatic carbocycles. The van der Waals surface area contributed by atoms with E-state index < -0.39 is 0 Å². The number of nitrogens with zero attached hydrogens (tertiary/aromatic N) is 3. The summed E-state index contributed by atoms with van der Waals surface area (Å²) in [6.07, 6.45) is 4.98. The van der Waals surface area contributed by atoms with E-state index in [1.165, 1.54) is 36.6 Å². The van der Waals surface area contributed by atoms with Crippen LogP contribution in [0, 0.1) is 0 Å². The fourth-order valence-corrected chi connectivity index (χ4v) is 3.69. The van der Waals surface area contributed by atoms with Gasteiger partial charge in [0.2, 0.25) is 0 Å². The van der Waals surface area contributed by atoms with Gasteiger partial charge in [-0.15, -0.1) is 0 Å². The molecule has 0 aliphatic heterocycles. The van der Waals surface area contributed by atoms with Crippen LogP contribution in [0.2, 0.25) is 0 Å². The van der Waals surface area contributed by atoms with Crippen molar-refractivity contribution in [3.63, 3.8) is 0 Å². The highest BCUT2D eigenvalue weighted by Gasteiger charge is 2.14. The Labute approximate surface area is 149 Å². The molecule has 0 N–H and O–H groups in total. The SMILES string of the molecule is CCCCCCn1c2ccc(Br)cc2c2nc3ccccc3nc21. The summed E-state index contributed by atoms with van der Waals surface area (Å²) in [4.78, 5) is 9.84. The van der Waals surface area contributed by atoms with E-state index >= 15 is 0 Å². The molecule has 0 fully saturated rings. The van der Waals surface area contributed by atoms with Gasteiger partial charge in [-0.2, -0.15) is 0 Å². The van der Waals surface area contributed by atoms with Gasteiger partial charge in [0.05, 0.1) is 16.6 Å². The van der Waals surface area contributed by atoms with Crippen LogP contribution in [-0.2, 0) is 6.54 Å². The van der Waals surface area contributed by atoms with Gasteiger partial charge in [0, 0.05) is 16.4 Å². The van der Waals surface area contributed by atoms with Gasteiger partial charge in [-0.25, -0.2) is 9.97 Å². The zero-order valence-electron chi connectivity index (χ0n) is 13.8. The van der Waals surface area contributed by atoms with Gasteiger partial charge in [-0.3, -0.25) is 0 Å². The quantitative estimate of drug-likeness (QED) is 0.392. The molecule has 24 heavy (non-hydrogen) atoms. The molecule has 0 unspecified atom stereocenters. The third kappa shape index (κ3) is 2.69. The number of benzene rings is 2. The van der Waals surface area contributed by atoms with Gasteiger partial charge in [0.25, 0.3) is 0 Å². The minimum atomic E-state index is 0.954. The van der Waals surface area contributed by atoms with Crippen LogP contribution in [0.1, 0.15) is 32.6 Å². The zero-order chi connectivity index (χ0) is 16.5. The van der Waals surface area contributed by atoms with E-state index in [4.69, 9.17) is 9.97 Å². The summed E-state index contributed by atoms with van der Waals surface area (Å²) in [5, 5.41) is 1.17. The molecule has 0 saturated heterocycles. The molecular weight excluding hydrogens is 362 g/mol. The van der Waals surface area contributed by atoms with Gasteiger partial charge < -0.3 is 4.57 Å². The topological polar surface area (TPSA) is 30.7 Å². The first-order valence-electron chi connectivity index (χ1n) is 8.62. The minimum absolute atomic E-state index is 0.954. The number of hydrogen-bond donors (Lipinski definition) is 0. The molecule has 4 aromatic rings. The molecule has 0 radical (unpaired) electrons. The van der Waals surface area contributed by atoms with Crippen LogP contribution in [0.4, 0.5) is 0 Å². The van der Waals surface area contributed by atoms with Crippen molar-refractivity contribution in [2.75, 3.05) is 0 Å². The normalized spacial score (nSPS) is 11.8. The monoisotopic (exact) mass is 381 g/mol. The predicted octanol–water partition coefficient (Wildman–Crippen LogP) is 6.08. The van der Waals surface area contributed by atoms with E-state index in [0.717, 1.165) is 33.2 Å². The molecule has 0 aliphatic carbocycles. The van der Waals surface area contributed by atoms with Crippen LogP contribution in [0.5, 0.6) is 0 Å². The summed E-state index contributed by atoms with van der Waals surface area (Å²) in [7, 11) is 0. The Morgan fingerprint density at radius 1 is 0.958 bits per heavy atom. The molecule has 0 atom stereocenters. The third-order valence-corrected chi connectivity index (χ3v) is 5.04. The third-order valence-electron chi connectivity index (χ3n) is 4.55. The zero-order valence-corrected chi connectivity index (χ0v) is 15.4. The fraction of sp³-hybridized carbons (Fsp3) is 0.300. The van der Waals surface area contributed by atoms with Crippen LogP contribution >= 0.6 is 15.9 Å². The molecule has 2 aromatic heterocycles. The first kappa shape index (κ1) is 15.6. The molecule has 0 amide bonds. The molecule has 2 heterocycles. The number of hydrogen-bond acceptors (Lipinski definition) is 2. The molecule has 0 bridgehead atoms. The lowest BCUT2D eigenvalue weighted by molar-refractivity contribution is 0.600. The number of halogens is 1. The van der Waals surface area contributed by atoms with E-state index in [1.807, 2.05) is 24.3 Å². The summed E-state index contributed by atoms with van der Waals surface area (Å²) in [6.45, 7) is 3.24. The summed E-state index contributed by atoms with van der Waals surface area (Å²) in [6, 6.07) is 14.5. The number of fused-ring (bicyclic) bond motifs is 4. The van der Waals surface area contributed by atoms with E-state index in [1.54, 1.807) is 0 Å². The lowest BCUT2D eigenvalue weighted by Gasteiger charge is -2.07. The van der Waals surface area contributed by atoms with Crippen molar-refractivity contribution in [3.8, 4) is 0 Å². The first-order valence-corrected chi connectivity index (χ1v) is 9.41. The average molecular weight is 382 g/mol. The van der Waals surface area contributed by atoms with E-state index in [9.17, 15) is 0 Å². The Kier molecular flexibility index (Phi) is 4.23. The molecule has 0 spiro atoms. The van der Waals surface area contributed by atoms with Gasteiger partial charge in [0.15, 0.2) is 5.65 Å². The Bertz CT molecular complexity index is 1020. The Hall–Kier alpha value is -1.94. The van der Waals surface area contributed by atoms with E-state index in [0.29, 0.717) is 0 Å². The van der Waals surface area contributed by atoms with Crippen molar-refractivity contribution in [1.82, 2.24) is 14.5 Å². The number of aryl methyl sites for hydroxylation is 1. The van der Waals surface area contributed by atoms with Crippen molar-refractivity contribution in [2.24, 2.45) is 0 Å². The van der Waals surface area contributed by atoms with E-state index in [2.05, 4.69) is 45.6 Å². The summed E-state index contributed by atoms with van der Waals surface area (Å²) in [5.74, 6) is 0. The van der Waals surface area contributed by atoms with Gasteiger partial charge in [0.1, 0.15) is 5.52 Å². The van der Waals surface area contributed by atoms with Crippen molar-refractivity contribution in [1.29, 1.82) is 0 Å². The van der Waals surface area contributed by atoms with Gasteiger partial charge in [-0.05, 0) is 36.8 Å². The van der Waals surface area contributed by atoms with Crippen LogP contribution in [-0.4, -0.2) is 14.5 Å². The number of para-hydroxylation sites is 2. The van der Waals surface area contributed by atoms with E-state index in [-0.39, 0.29) is 0 Å². The molecule has 0 aliphatic rings. The maximum atomic E-state index is 4.93. The van der Waals surface area contributed by atoms with Crippen LogP contribution in [0.15, 0.2) is 46.9 Å². The number of aromatic nitrogens is 3. The number of rotatable bonds is 5. The molecule has 3 nitrogen and oxygen atoms in total. The first-order chi connectivity index (χ1) is 11.8. The Morgan fingerprint density at radius 3 is 2.54 bits per heavy atom. The molecule has 4 heteroatoms. The highest BCUT2D eigenvalue weighted by atomic mass is 79.9. The summed E-state index contributed by atoms with van der Waals surface area (Å²) >= 11 is 3.59. The summed E-state index contributed by atoms with van der Waals surface area (Å²) < 4.78 is 3.42. The molecule has 0 saturated carbocycles. The largest absolute Gasteiger partial charge is 0.324 e. The Balaban J connectivity index is 1.94. The lowest BCUT2D eigenvalue weighted by atomic mass is 10.2. The summed E-state index contributed by atoms with van der Waals surface area (Å²) in [5.41, 5.74) is 5.13. The van der Waals surface area contributed by atoms with Crippen LogP contribution in [0.3, 0.4) is 0 Å². The smallest absolute Gasteiger partial charge is 0.160 e. The predicted molar refractivity (Wildman–Crippen MR) is 104 cm³/mol. The molecule has 4 rings (SSSR count). The van der Waals surface area contributed by atoms with Crippen molar-refractivity contribution < 1.29 is 0 Å². The maximum Gasteiger partial charge on any atom is 0.160 e. The Morgan fingerprint density at radius 2 is 1.75 bits per heavy atom. The van der Waals surface area contributed by atoms with Gasteiger partial charge in [-0.1, -0.05) is 54.2 Å². The average Bonchev–Trinajstić information content (AvgIpc) is 2.89. The lowest BCUT2D eigenvalue weighted by Crippen LogP contribution is -1.99. The van der Waals surface area contributed by atoms with Crippen LogP contribution < -0.4 is 0 Å². The van der Waals surface area contributed by atoms with Crippen molar-refractivity contribution >= 4 is 49.0 Å². The van der Waals surface area contributed by atoms with Crippen LogP contribution in [0.25, 0.3) is 33.1 Å².